The van der Waals surface area contributed by atoms with Crippen molar-refractivity contribution in [2.24, 2.45) is 5.92 Å². The fraction of sp³-hybridized carbons (Fsp3) is 0.643. The molecular formula is C14H23N3O3. The average Bonchev–Trinajstić information content (AvgIpc) is 2.42. The van der Waals surface area contributed by atoms with Crippen LogP contribution in [0.3, 0.4) is 0 Å². The normalized spacial score (nSPS) is 12.4. The number of nitrogens with zero attached hydrogens (tertiary/aromatic N) is 2. The number of pyridine rings is 1. The van der Waals surface area contributed by atoms with Gasteiger partial charge in [-0.25, -0.2) is 4.98 Å². The molecule has 0 aliphatic rings. The van der Waals surface area contributed by atoms with Gasteiger partial charge in [-0.2, -0.15) is 0 Å². The molecule has 0 aliphatic carbocycles. The summed E-state index contributed by atoms with van der Waals surface area (Å²) in [6.45, 7) is 7.18. The molecule has 1 aromatic rings. The topological polar surface area (TPSA) is 77.3 Å². The van der Waals surface area contributed by atoms with Gasteiger partial charge in [0.15, 0.2) is 0 Å². The first-order chi connectivity index (χ1) is 9.49. The number of rotatable bonds is 8. The molecule has 6 nitrogen and oxygen atoms in total. The van der Waals surface area contributed by atoms with E-state index in [2.05, 4.69) is 31.1 Å². The fourth-order valence-electron chi connectivity index (χ4n) is 1.99. The number of aromatic nitrogens is 1. The summed E-state index contributed by atoms with van der Waals surface area (Å²) in [7, 11) is 1.51. The molecule has 1 heterocycles. The maximum absolute atomic E-state index is 11.1. The van der Waals surface area contributed by atoms with Gasteiger partial charge in [-0.15, -0.1) is 0 Å². The molecule has 1 N–H and O–H groups in total. The number of nitro groups is 1. The van der Waals surface area contributed by atoms with Gasteiger partial charge in [0.1, 0.15) is 5.69 Å². The summed E-state index contributed by atoms with van der Waals surface area (Å²) in [4.78, 5) is 14.9. The third-order valence-electron chi connectivity index (χ3n) is 3.20. The van der Waals surface area contributed by atoms with Crippen molar-refractivity contribution in [1.29, 1.82) is 0 Å². The van der Waals surface area contributed by atoms with Crippen LogP contribution in [0.1, 0.15) is 32.9 Å². The summed E-state index contributed by atoms with van der Waals surface area (Å²) in [5.41, 5.74) is 0.520. The van der Waals surface area contributed by atoms with E-state index in [1.165, 1.54) is 19.2 Å². The summed E-state index contributed by atoms with van der Waals surface area (Å²) in [5, 5.41) is 14.5. The van der Waals surface area contributed by atoms with Crippen LogP contribution in [0.4, 0.5) is 5.69 Å². The van der Waals surface area contributed by atoms with Crippen LogP contribution < -0.4 is 10.1 Å². The third-order valence-corrected chi connectivity index (χ3v) is 3.20. The highest BCUT2D eigenvalue weighted by Gasteiger charge is 2.22. The first kappa shape index (κ1) is 16.4. The van der Waals surface area contributed by atoms with E-state index >= 15 is 0 Å². The Morgan fingerprint density at radius 3 is 2.65 bits per heavy atom. The van der Waals surface area contributed by atoms with Crippen molar-refractivity contribution in [3.05, 3.63) is 27.9 Å². The first-order valence-corrected chi connectivity index (χ1v) is 6.91. The number of nitrogens with one attached hydrogen (secondary N) is 1. The molecule has 20 heavy (non-hydrogen) atoms. The maximum atomic E-state index is 11.1. The second-order valence-electron chi connectivity index (χ2n) is 5.09. The van der Waals surface area contributed by atoms with Gasteiger partial charge < -0.3 is 10.1 Å². The predicted octanol–water partition coefficient (Wildman–Crippen LogP) is 2.57. The molecule has 0 saturated carbocycles. The smallest absolute Gasteiger partial charge is 0.291 e. The molecule has 112 valence electrons. The van der Waals surface area contributed by atoms with Crippen molar-refractivity contribution in [3.63, 3.8) is 0 Å². The van der Waals surface area contributed by atoms with Gasteiger partial charge >= 0.3 is 0 Å². The molecule has 0 amide bonds. The molecule has 0 radical (unpaired) electrons. The summed E-state index contributed by atoms with van der Waals surface area (Å²) < 4.78 is 5.06. The van der Waals surface area contributed by atoms with Crippen molar-refractivity contribution >= 4 is 5.69 Å². The van der Waals surface area contributed by atoms with E-state index in [9.17, 15) is 10.1 Å². The Balaban J connectivity index is 2.99. The van der Waals surface area contributed by atoms with Crippen molar-refractivity contribution in [2.45, 2.75) is 39.7 Å². The Bertz CT molecular complexity index is 449. The molecule has 1 atom stereocenters. The number of methoxy groups -OCH3 is 1. The van der Waals surface area contributed by atoms with Gasteiger partial charge in [-0.1, -0.05) is 20.8 Å². The first-order valence-electron chi connectivity index (χ1n) is 6.91. The van der Waals surface area contributed by atoms with Gasteiger partial charge in [0.2, 0.25) is 5.88 Å². The summed E-state index contributed by atoms with van der Waals surface area (Å²) in [6.07, 6.45) is 1.54. The van der Waals surface area contributed by atoms with E-state index in [4.69, 9.17) is 4.74 Å². The van der Waals surface area contributed by atoms with Gasteiger partial charge in [-0.3, -0.25) is 10.1 Å². The molecule has 0 spiro atoms. The predicted molar refractivity (Wildman–Crippen MR) is 78.1 cm³/mol. The van der Waals surface area contributed by atoms with Crippen molar-refractivity contribution in [2.75, 3.05) is 13.7 Å². The third kappa shape index (κ3) is 4.45. The molecule has 6 heteroatoms. The SMILES string of the molecule is CCCNC(Cc1nc(OC)ccc1[N+](=O)[O-])C(C)C. The molecule has 0 saturated heterocycles. The van der Waals surface area contributed by atoms with Crippen LogP contribution in [0.15, 0.2) is 12.1 Å². The van der Waals surface area contributed by atoms with Crippen LogP contribution in [0.2, 0.25) is 0 Å². The zero-order chi connectivity index (χ0) is 15.1. The number of hydrogen-bond donors (Lipinski definition) is 1. The lowest BCUT2D eigenvalue weighted by atomic mass is 9.98. The Labute approximate surface area is 119 Å². The molecule has 1 rings (SSSR count). The minimum Gasteiger partial charge on any atom is -0.481 e. The molecule has 1 aromatic heterocycles. The van der Waals surface area contributed by atoms with Gasteiger partial charge in [0.05, 0.1) is 12.0 Å². The minimum absolute atomic E-state index is 0.0507. The number of ether oxygens (including phenoxy) is 1. The van der Waals surface area contributed by atoms with E-state index in [-0.39, 0.29) is 16.7 Å². The zero-order valence-corrected chi connectivity index (χ0v) is 12.5. The second kappa shape index (κ2) is 7.79. The maximum Gasteiger partial charge on any atom is 0.291 e. The zero-order valence-electron chi connectivity index (χ0n) is 12.5. The van der Waals surface area contributed by atoms with E-state index in [0.717, 1.165) is 13.0 Å². The molecule has 1 unspecified atom stereocenters. The van der Waals surface area contributed by atoms with Crippen LogP contribution in [-0.4, -0.2) is 29.6 Å². The van der Waals surface area contributed by atoms with E-state index in [0.29, 0.717) is 23.9 Å². The largest absolute Gasteiger partial charge is 0.481 e. The van der Waals surface area contributed by atoms with Crippen molar-refractivity contribution in [3.8, 4) is 5.88 Å². The Kier molecular flexibility index (Phi) is 6.38. The highest BCUT2D eigenvalue weighted by molar-refractivity contribution is 5.38. The van der Waals surface area contributed by atoms with E-state index in [1.807, 2.05) is 0 Å². The highest BCUT2D eigenvalue weighted by atomic mass is 16.6. The fourth-order valence-corrected chi connectivity index (χ4v) is 1.99. The van der Waals surface area contributed by atoms with Crippen LogP contribution in [0, 0.1) is 16.0 Å². The van der Waals surface area contributed by atoms with Gasteiger partial charge in [-0.05, 0) is 18.9 Å². The number of hydrogen-bond acceptors (Lipinski definition) is 5. The lowest BCUT2D eigenvalue weighted by molar-refractivity contribution is -0.386. The van der Waals surface area contributed by atoms with E-state index < -0.39 is 0 Å². The molecule has 0 aliphatic heterocycles. The molecular weight excluding hydrogens is 258 g/mol. The Morgan fingerprint density at radius 1 is 1.45 bits per heavy atom. The monoisotopic (exact) mass is 281 g/mol. The summed E-state index contributed by atoms with van der Waals surface area (Å²) >= 11 is 0. The summed E-state index contributed by atoms with van der Waals surface area (Å²) in [6, 6.07) is 3.14. The highest BCUT2D eigenvalue weighted by Crippen LogP contribution is 2.22. The van der Waals surface area contributed by atoms with E-state index in [1.54, 1.807) is 0 Å². The van der Waals surface area contributed by atoms with Crippen molar-refractivity contribution < 1.29 is 9.66 Å². The average molecular weight is 281 g/mol. The standard InChI is InChI=1S/C14H23N3O3/c1-5-8-15-11(10(2)3)9-12-13(17(18)19)6-7-14(16-12)20-4/h6-7,10-11,15H,5,8-9H2,1-4H3. The minimum atomic E-state index is -0.390. The second-order valence-corrected chi connectivity index (χ2v) is 5.09. The quantitative estimate of drug-likeness (QED) is 0.585. The van der Waals surface area contributed by atoms with Crippen LogP contribution >= 0.6 is 0 Å². The van der Waals surface area contributed by atoms with Gasteiger partial charge in [0, 0.05) is 24.6 Å². The Morgan fingerprint density at radius 2 is 2.15 bits per heavy atom. The lowest BCUT2D eigenvalue weighted by Gasteiger charge is -2.22. The van der Waals surface area contributed by atoms with Crippen LogP contribution in [0.5, 0.6) is 5.88 Å². The molecule has 0 bridgehead atoms. The Hall–Kier alpha value is -1.69. The molecule has 0 fully saturated rings. The van der Waals surface area contributed by atoms with Gasteiger partial charge in [0.25, 0.3) is 5.69 Å². The van der Waals surface area contributed by atoms with Crippen LogP contribution in [0.25, 0.3) is 0 Å². The van der Waals surface area contributed by atoms with Crippen LogP contribution in [-0.2, 0) is 6.42 Å². The van der Waals surface area contributed by atoms with Crippen molar-refractivity contribution in [1.82, 2.24) is 10.3 Å². The lowest BCUT2D eigenvalue weighted by Crippen LogP contribution is -2.36. The summed E-state index contributed by atoms with van der Waals surface area (Å²) in [5.74, 6) is 0.776. The molecule has 0 aromatic carbocycles.